The average molecular weight is 357 g/mol. The summed E-state index contributed by atoms with van der Waals surface area (Å²) in [5, 5.41) is 6.34. The molecule has 2 aliphatic heterocycles. The van der Waals surface area contributed by atoms with Crippen molar-refractivity contribution in [1.82, 2.24) is 10.6 Å². The van der Waals surface area contributed by atoms with Crippen molar-refractivity contribution < 1.29 is 19.1 Å². The van der Waals surface area contributed by atoms with E-state index in [4.69, 9.17) is 10.5 Å². The lowest BCUT2D eigenvalue weighted by atomic mass is 10.0. The molecule has 2 aliphatic rings. The molecule has 0 radical (unpaired) electrons. The van der Waals surface area contributed by atoms with Gasteiger partial charge in [0.25, 0.3) is 0 Å². The fourth-order valence-electron chi connectivity index (χ4n) is 3.09. The number of unbranched alkanes of at least 4 members (excludes halogenated alkanes) is 3. The number of urea groups is 1. The predicted octanol–water partition coefficient (Wildman–Crippen LogP) is 1.30. The van der Waals surface area contributed by atoms with E-state index in [1.54, 1.807) is 0 Å². The van der Waals surface area contributed by atoms with Gasteiger partial charge in [0, 0.05) is 23.8 Å². The molecule has 2 fully saturated rings. The summed E-state index contributed by atoms with van der Waals surface area (Å²) in [6.07, 6.45) is 5.99. The van der Waals surface area contributed by atoms with E-state index in [1.807, 2.05) is 11.8 Å². The summed E-state index contributed by atoms with van der Waals surface area (Å²) < 4.78 is 5.18. The quantitative estimate of drug-likeness (QED) is 0.293. The Balaban J connectivity index is 1.45. The number of nitrogens with one attached hydrogen (secondary N) is 2. The summed E-state index contributed by atoms with van der Waals surface area (Å²) in [6.45, 7) is 0.414. The third-order valence-corrected chi connectivity index (χ3v) is 5.90. The topological polar surface area (TPSA) is 111 Å². The lowest BCUT2D eigenvalue weighted by molar-refractivity contribution is -0.144. The van der Waals surface area contributed by atoms with Crippen molar-refractivity contribution in [3.05, 3.63) is 0 Å². The molecule has 0 bridgehead atoms. The molecule has 0 aromatic carbocycles. The van der Waals surface area contributed by atoms with E-state index in [-0.39, 0.29) is 30.0 Å². The van der Waals surface area contributed by atoms with Crippen LogP contribution in [0.5, 0.6) is 0 Å². The van der Waals surface area contributed by atoms with Crippen LogP contribution in [0, 0.1) is 0 Å². The Bertz CT molecular complexity index is 461. The SMILES string of the molecule is NC(=O)CCCCCOC(=O)CCCC[C@@H]1SC[C@@H]2NC(=O)N[C@@H]21. The van der Waals surface area contributed by atoms with Gasteiger partial charge in [-0.15, -0.1) is 0 Å². The van der Waals surface area contributed by atoms with E-state index in [9.17, 15) is 14.4 Å². The van der Waals surface area contributed by atoms with Crippen molar-refractivity contribution in [2.75, 3.05) is 12.4 Å². The van der Waals surface area contributed by atoms with Gasteiger partial charge in [0.2, 0.25) is 5.91 Å². The third-order valence-electron chi connectivity index (χ3n) is 4.39. The zero-order valence-corrected chi connectivity index (χ0v) is 14.7. The number of primary amides is 1. The summed E-state index contributed by atoms with van der Waals surface area (Å²) in [5.74, 6) is 0.524. The number of hydrogen-bond acceptors (Lipinski definition) is 5. The zero-order chi connectivity index (χ0) is 17.4. The number of ether oxygens (including phenoxy) is 1. The number of amides is 3. The number of fused-ring (bicyclic) bond motifs is 1. The molecule has 0 saturated carbocycles. The Morgan fingerprint density at radius 3 is 2.71 bits per heavy atom. The summed E-state index contributed by atoms with van der Waals surface area (Å²) >= 11 is 1.89. The van der Waals surface area contributed by atoms with Crippen molar-refractivity contribution >= 4 is 29.7 Å². The molecule has 4 N–H and O–H groups in total. The van der Waals surface area contributed by atoms with Gasteiger partial charge < -0.3 is 21.1 Å². The van der Waals surface area contributed by atoms with E-state index in [0.29, 0.717) is 24.7 Å². The number of thioether (sulfide) groups is 1. The zero-order valence-electron chi connectivity index (χ0n) is 13.9. The summed E-state index contributed by atoms with van der Waals surface area (Å²) in [5.41, 5.74) is 5.05. The molecule has 8 heteroatoms. The molecule has 24 heavy (non-hydrogen) atoms. The highest BCUT2D eigenvalue weighted by molar-refractivity contribution is 8.00. The van der Waals surface area contributed by atoms with Crippen LogP contribution in [-0.4, -0.2) is 47.6 Å². The first-order valence-corrected chi connectivity index (χ1v) is 9.73. The molecule has 0 unspecified atom stereocenters. The van der Waals surface area contributed by atoms with Crippen LogP contribution < -0.4 is 16.4 Å². The Kier molecular flexibility index (Phi) is 7.68. The second-order valence-corrected chi connectivity index (χ2v) is 7.64. The fraction of sp³-hybridized carbons (Fsp3) is 0.812. The van der Waals surface area contributed by atoms with Crippen molar-refractivity contribution in [2.45, 2.75) is 68.7 Å². The smallest absolute Gasteiger partial charge is 0.315 e. The van der Waals surface area contributed by atoms with Gasteiger partial charge in [-0.05, 0) is 32.1 Å². The van der Waals surface area contributed by atoms with Crippen molar-refractivity contribution in [1.29, 1.82) is 0 Å². The number of nitrogens with two attached hydrogens (primary N) is 1. The lowest BCUT2D eigenvalue weighted by Gasteiger charge is -2.16. The van der Waals surface area contributed by atoms with Gasteiger partial charge in [-0.25, -0.2) is 4.79 Å². The third kappa shape index (κ3) is 6.22. The molecule has 2 heterocycles. The van der Waals surface area contributed by atoms with Crippen LogP contribution in [0.3, 0.4) is 0 Å². The predicted molar refractivity (Wildman–Crippen MR) is 92.6 cm³/mol. The first-order chi connectivity index (χ1) is 11.6. The summed E-state index contributed by atoms with van der Waals surface area (Å²) in [6, 6.07) is 0.427. The highest BCUT2D eigenvalue weighted by atomic mass is 32.2. The molecular formula is C16H27N3O4S. The van der Waals surface area contributed by atoms with Gasteiger partial charge in [0.05, 0.1) is 18.7 Å². The minimum absolute atomic E-state index is 0.0605. The van der Waals surface area contributed by atoms with Crippen molar-refractivity contribution in [3.63, 3.8) is 0 Å². The fourth-order valence-corrected chi connectivity index (χ4v) is 4.64. The van der Waals surface area contributed by atoms with Gasteiger partial charge in [0.1, 0.15) is 0 Å². The first-order valence-electron chi connectivity index (χ1n) is 8.69. The Morgan fingerprint density at radius 2 is 1.92 bits per heavy atom. The molecule has 2 rings (SSSR count). The molecule has 7 nitrogen and oxygen atoms in total. The van der Waals surface area contributed by atoms with Crippen LogP contribution in [0.2, 0.25) is 0 Å². The van der Waals surface area contributed by atoms with E-state index in [0.717, 1.165) is 44.3 Å². The number of esters is 1. The molecule has 2 saturated heterocycles. The second kappa shape index (κ2) is 9.76. The maximum atomic E-state index is 11.6. The highest BCUT2D eigenvalue weighted by Gasteiger charge is 2.42. The van der Waals surface area contributed by atoms with Gasteiger partial charge in [-0.1, -0.05) is 6.42 Å². The van der Waals surface area contributed by atoms with Crippen LogP contribution in [0.1, 0.15) is 51.4 Å². The molecular weight excluding hydrogens is 330 g/mol. The Labute approximate surface area is 146 Å². The molecule has 0 aromatic rings. The minimum atomic E-state index is -0.285. The number of rotatable bonds is 11. The van der Waals surface area contributed by atoms with Crippen molar-refractivity contribution in [3.8, 4) is 0 Å². The molecule has 0 aromatic heterocycles. The first kappa shape index (κ1) is 18.9. The molecule has 0 spiro atoms. The van der Waals surface area contributed by atoms with E-state index in [1.165, 1.54) is 0 Å². The maximum absolute atomic E-state index is 11.6. The molecule has 0 aliphatic carbocycles. The van der Waals surface area contributed by atoms with Gasteiger partial charge in [-0.2, -0.15) is 11.8 Å². The monoisotopic (exact) mass is 357 g/mol. The van der Waals surface area contributed by atoms with E-state index < -0.39 is 0 Å². The van der Waals surface area contributed by atoms with E-state index >= 15 is 0 Å². The van der Waals surface area contributed by atoms with Gasteiger partial charge >= 0.3 is 12.0 Å². The molecule has 3 atom stereocenters. The van der Waals surface area contributed by atoms with Crippen molar-refractivity contribution in [2.24, 2.45) is 5.73 Å². The maximum Gasteiger partial charge on any atom is 0.315 e. The second-order valence-electron chi connectivity index (χ2n) is 6.37. The Hall–Kier alpha value is -1.44. The molecule has 136 valence electrons. The lowest BCUT2D eigenvalue weighted by Crippen LogP contribution is -2.36. The number of hydrogen-bond donors (Lipinski definition) is 3. The summed E-state index contributed by atoms with van der Waals surface area (Å²) in [7, 11) is 0. The average Bonchev–Trinajstić information content (AvgIpc) is 3.06. The van der Waals surface area contributed by atoms with Crippen LogP contribution in [0.4, 0.5) is 4.79 Å². The van der Waals surface area contributed by atoms with E-state index in [2.05, 4.69) is 10.6 Å². The Morgan fingerprint density at radius 1 is 1.12 bits per heavy atom. The van der Waals surface area contributed by atoms with Gasteiger partial charge in [0.15, 0.2) is 0 Å². The summed E-state index contributed by atoms with van der Waals surface area (Å²) in [4.78, 5) is 33.5. The molecule has 3 amide bonds. The largest absolute Gasteiger partial charge is 0.466 e. The highest BCUT2D eigenvalue weighted by Crippen LogP contribution is 2.33. The van der Waals surface area contributed by atoms with Crippen LogP contribution in [-0.2, 0) is 14.3 Å². The standard InChI is InChI=1S/C16H27N3O4S/c17-13(20)7-2-1-5-9-23-14(21)8-4-3-6-12-15-11(10-24-12)18-16(22)19-15/h11-12,15H,1-10H2,(H2,17,20)(H2,18,19,22)/t11-,12-,15-/m0/s1. The number of carbonyl (C=O) groups excluding carboxylic acids is 3. The van der Waals surface area contributed by atoms with Crippen LogP contribution >= 0.6 is 11.8 Å². The normalized spacial score (nSPS) is 25.0. The van der Waals surface area contributed by atoms with Crippen LogP contribution in [0.25, 0.3) is 0 Å². The number of carbonyl (C=O) groups is 3. The van der Waals surface area contributed by atoms with Gasteiger partial charge in [-0.3, -0.25) is 9.59 Å². The van der Waals surface area contributed by atoms with Crippen LogP contribution in [0.15, 0.2) is 0 Å². The minimum Gasteiger partial charge on any atom is -0.466 e.